The molecule has 5 nitrogen and oxygen atoms in total. The molecule has 0 aliphatic rings. The van der Waals surface area contributed by atoms with Gasteiger partial charge >= 0.3 is 5.97 Å². The van der Waals surface area contributed by atoms with Gasteiger partial charge in [0.1, 0.15) is 17.4 Å². The topological polar surface area (TPSA) is 75.6 Å². The minimum Gasteiger partial charge on any atom is -0.508 e. The normalized spacial score (nSPS) is 12.9. The zero-order chi connectivity index (χ0) is 16.2. The molecule has 2 N–H and O–H groups in total. The molecule has 0 aliphatic heterocycles. The van der Waals surface area contributed by atoms with E-state index in [2.05, 4.69) is 5.32 Å². The molecule has 21 heavy (non-hydrogen) atoms. The number of ether oxygens (including phenoxy) is 1. The third-order valence-corrected chi connectivity index (χ3v) is 2.72. The number of carbonyl (C=O) groups excluding carboxylic acids is 2. The second kappa shape index (κ2) is 6.61. The fourth-order valence-corrected chi connectivity index (χ4v) is 1.73. The van der Waals surface area contributed by atoms with Gasteiger partial charge in [0.05, 0.1) is 0 Å². The van der Waals surface area contributed by atoms with Gasteiger partial charge in [0.25, 0.3) is 5.91 Å². The Morgan fingerprint density at radius 2 is 1.86 bits per heavy atom. The zero-order valence-corrected chi connectivity index (χ0v) is 13.1. The summed E-state index contributed by atoms with van der Waals surface area (Å²) in [6, 6.07) is 5.23. The fraction of sp³-hybridized carbons (Fsp3) is 0.500. The number of phenolic OH excluding ortho intramolecular Hbond substituents is 1. The molecule has 0 fully saturated rings. The summed E-state index contributed by atoms with van der Waals surface area (Å²) >= 11 is 0. The van der Waals surface area contributed by atoms with E-state index in [0.717, 1.165) is 0 Å². The van der Waals surface area contributed by atoms with Crippen LogP contribution in [0, 0.1) is 5.92 Å². The molecule has 0 spiro atoms. The molecule has 0 saturated heterocycles. The van der Waals surface area contributed by atoms with E-state index >= 15 is 0 Å². The Morgan fingerprint density at radius 3 is 2.33 bits per heavy atom. The van der Waals surface area contributed by atoms with Crippen LogP contribution in [0.5, 0.6) is 5.75 Å². The van der Waals surface area contributed by atoms with Crippen LogP contribution in [0.1, 0.15) is 45.0 Å². The van der Waals surface area contributed by atoms with Gasteiger partial charge in [-0.2, -0.15) is 0 Å². The maximum atomic E-state index is 12.2. The summed E-state index contributed by atoms with van der Waals surface area (Å²) in [5.74, 6) is -0.997. The molecule has 0 unspecified atom stereocenters. The van der Waals surface area contributed by atoms with Crippen molar-refractivity contribution in [2.24, 2.45) is 5.92 Å². The summed E-state index contributed by atoms with van der Waals surface area (Å²) in [6.45, 7) is 8.99. The first-order valence-corrected chi connectivity index (χ1v) is 6.93. The lowest BCUT2D eigenvalue weighted by Gasteiger charge is -2.26. The average molecular weight is 293 g/mol. The highest BCUT2D eigenvalue weighted by Crippen LogP contribution is 2.14. The van der Waals surface area contributed by atoms with Crippen LogP contribution in [0.15, 0.2) is 24.3 Å². The van der Waals surface area contributed by atoms with Crippen LogP contribution in [0.4, 0.5) is 0 Å². The van der Waals surface area contributed by atoms with Crippen molar-refractivity contribution in [3.05, 3.63) is 29.8 Å². The number of aromatic hydroxyl groups is 1. The molecule has 116 valence electrons. The third-order valence-electron chi connectivity index (χ3n) is 2.72. The maximum Gasteiger partial charge on any atom is 0.329 e. The fourth-order valence-electron chi connectivity index (χ4n) is 1.73. The molecule has 1 aromatic rings. The number of hydrogen-bond donors (Lipinski definition) is 2. The Morgan fingerprint density at radius 1 is 1.24 bits per heavy atom. The highest BCUT2D eigenvalue weighted by molar-refractivity contribution is 5.97. The van der Waals surface area contributed by atoms with Crippen LogP contribution in [0.25, 0.3) is 0 Å². The van der Waals surface area contributed by atoms with Gasteiger partial charge in [0.15, 0.2) is 0 Å². The summed E-state index contributed by atoms with van der Waals surface area (Å²) in [7, 11) is 0. The molecule has 0 aromatic heterocycles. The van der Waals surface area contributed by atoms with Crippen molar-refractivity contribution >= 4 is 11.9 Å². The van der Waals surface area contributed by atoms with E-state index in [4.69, 9.17) is 4.74 Å². The van der Waals surface area contributed by atoms with Gasteiger partial charge in [0, 0.05) is 5.56 Å². The Bertz CT molecular complexity index is 517. The number of rotatable bonds is 4. The number of benzene rings is 1. The van der Waals surface area contributed by atoms with E-state index in [1.54, 1.807) is 32.9 Å². The number of hydrogen-bond acceptors (Lipinski definition) is 4. The Hall–Kier alpha value is -2.04. The van der Waals surface area contributed by atoms with Gasteiger partial charge in [-0.25, -0.2) is 4.79 Å². The predicted molar refractivity (Wildman–Crippen MR) is 80.0 cm³/mol. The Balaban J connectivity index is 2.84. The molecule has 1 atom stereocenters. The van der Waals surface area contributed by atoms with Crippen molar-refractivity contribution in [3.63, 3.8) is 0 Å². The first-order chi connectivity index (χ1) is 9.60. The first kappa shape index (κ1) is 17.0. The average Bonchev–Trinajstić information content (AvgIpc) is 2.32. The number of amides is 1. The lowest BCUT2D eigenvalue weighted by Crippen LogP contribution is -2.47. The molecular weight excluding hydrogens is 270 g/mol. The van der Waals surface area contributed by atoms with Crippen LogP contribution in [0.3, 0.4) is 0 Å². The van der Waals surface area contributed by atoms with E-state index in [1.165, 1.54) is 12.1 Å². The molecule has 1 rings (SSSR count). The van der Waals surface area contributed by atoms with Crippen LogP contribution >= 0.6 is 0 Å². The van der Waals surface area contributed by atoms with E-state index in [1.807, 2.05) is 13.8 Å². The van der Waals surface area contributed by atoms with Gasteiger partial charge in [-0.3, -0.25) is 4.79 Å². The largest absolute Gasteiger partial charge is 0.508 e. The van der Waals surface area contributed by atoms with Crippen LogP contribution < -0.4 is 5.32 Å². The highest BCUT2D eigenvalue weighted by atomic mass is 16.6. The van der Waals surface area contributed by atoms with Gasteiger partial charge < -0.3 is 15.2 Å². The summed E-state index contributed by atoms with van der Waals surface area (Å²) < 4.78 is 5.32. The van der Waals surface area contributed by atoms with Crippen molar-refractivity contribution in [1.29, 1.82) is 0 Å². The van der Waals surface area contributed by atoms with Crippen molar-refractivity contribution in [2.45, 2.75) is 46.3 Å². The molecule has 5 heteroatoms. The van der Waals surface area contributed by atoms with E-state index in [-0.39, 0.29) is 11.7 Å². The van der Waals surface area contributed by atoms with Crippen LogP contribution in [-0.4, -0.2) is 28.6 Å². The van der Waals surface area contributed by atoms with Crippen molar-refractivity contribution < 1.29 is 19.4 Å². The Labute approximate surface area is 125 Å². The molecule has 1 aromatic carbocycles. The second-order valence-corrected chi connectivity index (χ2v) is 6.28. The second-order valence-electron chi connectivity index (χ2n) is 6.28. The van der Waals surface area contributed by atoms with Gasteiger partial charge in [-0.05, 0) is 44.9 Å². The summed E-state index contributed by atoms with van der Waals surface area (Å²) in [5, 5.41) is 12.1. The number of carbonyl (C=O) groups is 2. The molecule has 0 bridgehead atoms. The minimum atomic E-state index is -0.737. The standard InChI is InChI=1S/C16H23NO4/c1-10(2)13(15(20)21-16(3,4)5)17-14(19)11-7-6-8-12(18)9-11/h6-10,13,18H,1-5H3,(H,17,19)/t13-/m1/s1. The monoisotopic (exact) mass is 293 g/mol. The predicted octanol–water partition coefficient (Wildman–Crippen LogP) is 2.49. The SMILES string of the molecule is CC(C)[C@@H](NC(=O)c1cccc(O)c1)C(=O)OC(C)(C)C. The molecule has 0 radical (unpaired) electrons. The van der Waals surface area contributed by atoms with Gasteiger partial charge in [-0.1, -0.05) is 19.9 Å². The van der Waals surface area contributed by atoms with Gasteiger partial charge in [0.2, 0.25) is 0 Å². The smallest absolute Gasteiger partial charge is 0.329 e. The van der Waals surface area contributed by atoms with Gasteiger partial charge in [-0.15, -0.1) is 0 Å². The first-order valence-electron chi connectivity index (χ1n) is 6.93. The van der Waals surface area contributed by atoms with Crippen molar-refractivity contribution in [3.8, 4) is 5.75 Å². The van der Waals surface area contributed by atoms with Crippen LogP contribution in [-0.2, 0) is 9.53 Å². The lowest BCUT2D eigenvalue weighted by molar-refractivity contribution is -0.158. The molecular formula is C16H23NO4. The van der Waals surface area contributed by atoms with E-state index in [0.29, 0.717) is 5.56 Å². The maximum absolute atomic E-state index is 12.2. The summed E-state index contributed by atoms with van der Waals surface area (Å²) in [4.78, 5) is 24.3. The van der Waals surface area contributed by atoms with Crippen molar-refractivity contribution in [1.82, 2.24) is 5.32 Å². The molecule has 0 aliphatic carbocycles. The summed E-state index contributed by atoms with van der Waals surface area (Å²) in [6.07, 6.45) is 0. The Kier molecular flexibility index (Phi) is 5.35. The number of nitrogens with one attached hydrogen (secondary N) is 1. The lowest BCUT2D eigenvalue weighted by atomic mass is 10.0. The van der Waals surface area contributed by atoms with Crippen LogP contribution in [0.2, 0.25) is 0 Å². The number of phenols is 1. The molecule has 0 saturated carbocycles. The van der Waals surface area contributed by atoms with E-state index < -0.39 is 23.5 Å². The summed E-state index contributed by atoms with van der Waals surface area (Å²) in [5.41, 5.74) is -0.316. The third kappa shape index (κ3) is 5.45. The molecule has 1 amide bonds. The zero-order valence-electron chi connectivity index (χ0n) is 13.1. The molecule has 0 heterocycles. The highest BCUT2D eigenvalue weighted by Gasteiger charge is 2.29. The van der Waals surface area contributed by atoms with E-state index in [9.17, 15) is 14.7 Å². The number of esters is 1. The quantitative estimate of drug-likeness (QED) is 0.836. The minimum absolute atomic E-state index is 0.000940. The van der Waals surface area contributed by atoms with Crippen molar-refractivity contribution in [2.75, 3.05) is 0 Å².